The minimum Gasteiger partial charge on any atom is -0.493 e. The van der Waals surface area contributed by atoms with Crippen LogP contribution in [0.4, 0.5) is 0 Å². The lowest BCUT2D eigenvalue weighted by Crippen LogP contribution is -2.04. The molecule has 1 N–H and O–H groups in total. The van der Waals surface area contributed by atoms with Crippen molar-refractivity contribution in [3.63, 3.8) is 0 Å². The SMILES string of the molecule is CCCOc1ccccc1C(O)C=O. The fourth-order valence-electron chi connectivity index (χ4n) is 1.14. The van der Waals surface area contributed by atoms with Crippen LogP contribution in [0, 0.1) is 0 Å². The molecule has 0 saturated carbocycles. The summed E-state index contributed by atoms with van der Waals surface area (Å²) < 4.78 is 5.39. The highest BCUT2D eigenvalue weighted by Crippen LogP contribution is 2.23. The maximum Gasteiger partial charge on any atom is 0.153 e. The van der Waals surface area contributed by atoms with Gasteiger partial charge >= 0.3 is 0 Å². The van der Waals surface area contributed by atoms with Crippen molar-refractivity contribution in [3.8, 4) is 5.75 Å². The molecular formula is C11H14O3. The van der Waals surface area contributed by atoms with Gasteiger partial charge in [0.2, 0.25) is 0 Å². The van der Waals surface area contributed by atoms with Crippen LogP contribution in [0.1, 0.15) is 25.0 Å². The summed E-state index contributed by atoms with van der Waals surface area (Å²) in [5, 5.41) is 9.36. The second-order valence-corrected chi connectivity index (χ2v) is 2.97. The molecule has 0 bridgehead atoms. The third-order valence-electron chi connectivity index (χ3n) is 1.83. The van der Waals surface area contributed by atoms with Crippen LogP contribution in [0.3, 0.4) is 0 Å². The lowest BCUT2D eigenvalue weighted by atomic mass is 10.1. The molecule has 0 saturated heterocycles. The number of aliphatic hydroxyl groups is 1. The third kappa shape index (κ3) is 2.57. The molecule has 76 valence electrons. The molecule has 0 aliphatic carbocycles. The second kappa shape index (κ2) is 5.40. The monoisotopic (exact) mass is 194 g/mol. The van der Waals surface area contributed by atoms with Crippen molar-refractivity contribution in [3.05, 3.63) is 29.8 Å². The molecule has 14 heavy (non-hydrogen) atoms. The topological polar surface area (TPSA) is 46.5 Å². The van der Waals surface area contributed by atoms with Crippen LogP contribution in [-0.4, -0.2) is 18.0 Å². The van der Waals surface area contributed by atoms with Crippen molar-refractivity contribution < 1.29 is 14.6 Å². The van der Waals surface area contributed by atoms with Gasteiger partial charge in [-0.2, -0.15) is 0 Å². The summed E-state index contributed by atoms with van der Waals surface area (Å²) in [7, 11) is 0. The van der Waals surface area contributed by atoms with Crippen molar-refractivity contribution in [2.45, 2.75) is 19.4 Å². The van der Waals surface area contributed by atoms with E-state index in [0.29, 0.717) is 24.2 Å². The van der Waals surface area contributed by atoms with Crippen LogP contribution in [0.5, 0.6) is 5.75 Å². The summed E-state index contributed by atoms with van der Waals surface area (Å²) in [6.45, 7) is 2.58. The van der Waals surface area contributed by atoms with E-state index >= 15 is 0 Å². The van der Waals surface area contributed by atoms with Crippen LogP contribution >= 0.6 is 0 Å². The first-order valence-corrected chi connectivity index (χ1v) is 4.64. The lowest BCUT2D eigenvalue weighted by molar-refractivity contribution is -0.115. The number of aliphatic hydroxyl groups excluding tert-OH is 1. The van der Waals surface area contributed by atoms with Gasteiger partial charge < -0.3 is 14.6 Å². The van der Waals surface area contributed by atoms with Gasteiger partial charge in [0.1, 0.15) is 11.9 Å². The standard InChI is InChI=1S/C11H14O3/c1-2-7-14-11-6-4-3-5-9(11)10(13)8-12/h3-6,8,10,13H,2,7H2,1H3. The van der Waals surface area contributed by atoms with Crippen LogP contribution in [0.15, 0.2) is 24.3 Å². The van der Waals surface area contributed by atoms with E-state index in [1.807, 2.05) is 13.0 Å². The third-order valence-corrected chi connectivity index (χ3v) is 1.83. The van der Waals surface area contributed by atoms with Crippen LogP contribution < -0.4 is 4.74 Å². The molecule has 0 aliphatic heterocycles. The number of hydrogen-bond donors (Lipinski definition) is 1. The Morgan fingerprint density at radius 1 is 1.50 bits per heavy atom. The van der Waals surface area contributed by atoms with E-state index in [9.17, 15) is 9.90 Å². The van der Waals surface area contributed by atoms with Gasteiger partial charge in [-0.3, -0.25) is 0 Å². The molecule has 0 amide bonds. The van der Waals surface area contributed by atoms with Crippen molar-refractivity contribution in [1.82, 2.24) is 0 Å². The number of ether oxygens (including phenoxy) is 1. The van der Waals surface area contributed by atoms with E-state index in [1.165, 1.54) is 0 Å². The Balaban J connectivity index is 2.85. The van der Waals surface area contributed by atoms with Gasteiger partial charge in [0, 0.05) is 5.56 Å². The number of rotatable bonds is 5. The van der Waals surface area contributed by atoms with Crippen LogP contribution in [0.25, 0.3) is 0 Å². The summed E-state index contributed by atoms with van der Waals surface area (Å²) in [4.78, 5) is 10.4. The fraction of sp³-hybridized carbons (Fsp3) is 0.364. The number of aldehydes is 1. The predicted molar refractivity (Wildman–Crippen MR) is 53.3 cm³/mol. The Kier molecular flexibility index (Phi) is 4.13. The van der Waals surface area contributed by atoms with Gasteiger partial charge in [0.25, 0.3) is 0 Å². The lowest BCUT2D eigenvalue weighted by Gasteiger charge is -2.11. The first-order valence-electron chi connectivity index (χ1n) is 4.64. The number of carbonyl (C=O) groups excluding carboxylic acids is 1. The Labute approximate surface area is 83.3 Å². The molecule has 0 radical (unpaired) electrons. The van der Waals surface area contributed by atoms with E-state index < -0.39 is 6.10 Å². The highest BCUT2D eigenvalue weighted by molar-refractivity contribution is 5.61. The number of hydrogen-bond acceptors (Lipinski definition) is 3. The highest BCUT2D eigenvalue weighted by Gasteiger charge is 2.11. The molecule has 3 nitrogen and oxygen atoms in total. The van der Waals surface area contributed by atoms with Crippen molar-refractivity contribution in [1.29, 1.82) is 0 Å². The molecule has 0 heterocycles. The number of para-hydroxylation sites is 1. The number of benzene rings is 1. The highest BCUT2D eigenvalue weighted by atomic mass is 16.5. The van der Waals surface area contributed by atoms with E-state index in [2.05, 4.69) is 0 Å². The van der Waals surface area contributed by atoms with Gasteiger partial charge in [-0.25, -0.2) is 0 Å². The largest absolute Gasteiger partial charge is 0.493 e. The molecule has 0 fully saturated rings. The van der Waals surface area contributed by atoms with Gasteiger partial charge in [0.05, 0.1) is 6.61 Å². The summed E-state index contributed by atoms with van der Waals surface area (Å²) >= 11 is 0. The van der Waals surface area contributed by atoms with E-state index in [1.54, 1.807) is 18.2 Å². The molecule has 1 aromatic rings. The Morgan fingerprint density at radius 2 is 2.21 bits per heavy atom. The van der Waals surface area contributed by atoms with Gasteiger partial charge in [-0.1, -0.05) is 25.1 Å². The van der Waals surface area contributed by atoms with E-state index in [0.717, 1.165) is 6.42 Å². The molecule has 0 aliphatic rings. The molecule has 0 aromatic heterocycles. The zero-order valence-corrected chi connectivity index (χ0v) is 8.14. The molecule has 1 unspecified atom stereocenters. The van der Waals surface area contributed by atoms with Crippen LogP contribution in [-0.2, 0) is 4.79 Å². The van der Waals surface area contributed by atoms with Crippen LogP contribution in [0.2, 0.25) is 0 Å². The minimum absolute atomic E-state index is 0.494. The normalized spacial score (nSPS) is 12.1. The molecule has 1 atom stereocenters. The van der Waals surface area contributed by atoms with E-state index in [4.69, 9.17) is 4.74 Å². The molecule has 1 aromatic carbocycles. The first-order chi connectivity index (χ1) is 6.79. The first kappa shape index (κ1) is 10.7. The molecular weight excluding hydrogens is 180 g/mol. The smallest absolute Gasteiger partial charge is 0.153 e. The Morgan fingerprint density at radius 3 is 2.86 bits per heavy atom. The minimum atomic E-state index is -1.09. The second-order valence-electron chi connectivity index (χ2n) is 2.97. The molecule has 3 heteroatoms. The maximum atomic E-state index is 10.4. The van der Waals surface area contributed by atoms with Gasteiger partial charge in [-0.05, 0) is 12.5 Å². The average molecular weight is 194 g/mol. The summed E-state index contributed by atoms with van der Waals surface area (Å²) in [6, 6.07) is 7.01. The zero-order valence-electron chi connectivity index (χ0n) is 8.14. The summed E-state index contributed by atoms with van der Waals surface area (Å²) in [6.07, 6.45) is 0.294. The summed E-state index contributed by atoms with van der Waals surface area (Å²) in [5.41, 5.74) is 0.524. The quantitative estimate of drug-likeness (QED) is 0.726. The Bertz CT molecular complexity index is 296. The van der Waals surface area contributed by atoms with E-state index in [-0.39, 0.29) is 0 Å². The van der Waals surface area contributed by atoms with Gasteiger partial charge in [0.15, 0.2) is 6.29 Å². The fourth-order valence-corrected chi connectivity index (χ4v) is 1.14. The van der Waals surface area contributed by atoms with Gasteiger partial charge in [-0.15, -0.1) is 0 Å². The number of carbonyl (C=O) groups is 1. The van der Waals surface area contributed by atoms with Crippen molar-refractivity contribution in [2.24, 2.45) is 0 Å². The zero-order chi connectivity index (χ0) is 10.4. The van der Waals surface area contributed by atoms with Crippen molar-refractivity contribution in [2.75, 3.05) is 6.61 Å². The Hall–Kier alpha value is -1.35. The van der Waals surface area contributed by atoms with Crippen molar-refractivity contribution >= 4 is 6.29 Å². The molecule has 0 spiro atoms. The summed E-state index contributed by atoms with van der Waals surface area (Å²) in [5.74, 6) is 0.578. The average Bonchev–Trinajstić information content (AvgIpc) is 2.25. The predicted octanol–water partition coefficient (Wildman–Crippen LogP) is 1.71. The molecule has 1 rings (SSSR count). The maximum absolute atomic E-state index is 10.4.